The summed E-state index contributed by atoms with van der Waals surface area (Å²) in [5.74, 6) is 1.53. The van der Waals surface area contributed by atoms with Crippen LogP contribution in [0.3, 0.4) is 0 Å². The van der Waals surface area contributed by atoms with Crippen molar-refractivity contribution in [2.45, 2.75) is 39.7 Å². The van der Waals surface area contributed by atoms with Gasteiger partial charge in [0.05, 0.1) is 16.7 Å². The van der Waals surface area contributed by atoms with E-state index in [9.17, 15) is 9.59 Å². The molecule has 150 valence electrons. The number of ether oxygens (including phenoxy) is 2. The third-order valence-electron chi connectivity index (χ3n) is 4.96. The Balaban J connectivity index is 1.62. The summed E-state index contributed by atoms with van der Waals surface area (Å²) in [5.41, 5.74) is 2.61. The van der Waals surface area contributed by atoms with Crippen LogP contribution in [0, 0.1) is 0 Å². The van der Waals surface area contributed by atoms with Crippen LogP contribution in [0.5, 0.6) is 11.5 Å². The van der Waals surface area contributed by atoms with Gasteiger partial charge in [-0.15, -0.1) is 0 Å². The van der Waals surface area contributed by atoms with Crippen LogP contribution in [0.2, 0.25) is 0 Å². The Kier molecular flexibility index (Phi) is 5.20. The van der Waals surface area contributed by atoms with Crippen LogP contribution in [-0.4, -0.2) is 28.0 Å². The number of carbonyl (C=O) groups is 2. The van der Waals surface area contributed by atoms with Crippen LogP contribution in [0.1, 0.15) is 42.9 Å². The molecule has 1 N–H and O–H groups in total. The standard InChI is InChI=1S/C22H23N3O4/c1-3-4-9-21-23-16-7-5-6-8-18(16)25(21)12-22(27)24-17-11-20-19(28-13-29-20)10-15(17)14(2)26/h5-8,10-11H,3-4,9,12-13H2,1-2H3,(H,24,27). The van der Waals surface area contributed by atoms with Crippen molar-refractivity contribution in [1.82, 2.24) is 9.55 Å². The van der Waals surface area contributed by atoms with E-state index < -0.39 is 0 Å². The number of para-hydroxylation sites is 2. The molecule has 0 atom stereocenters. The van der Waals surface area contributed by atoms with E-state index in [-0.39, 0.29) is 25.0 Å². The Hall–Kier alpha value is -3.35. The monoisotopic (exact) mass is 393 g/mol. The lowest BCUT2D eigenvalue weighted by Crippen LogP contribution is -2.21. The lowest BCUT2D eigenvalue weighted by Gasteiger charge is -2.13. The number of hydrogen-bond donors (Lipinski definition) is 1. The largest absolute Gasteiger partial charge is 0.454 e. The van der Waals surface area contributed by atoms with E-state index in [1.165, 1.54) is 6.92 Å². The highest BCUT2D eigenvalue weighted by Gasteiger charge is 2.21. The maximum Gasteiger partial charge on any atom is 0.244 e. The fourth-order valence-corrected chi connectivity index (χ4v) is 3.50. The third kappa shape index (κ3) is 3.81. The van der Waals surface area contributed by atoms with Gasteiger partial charge in [0.2, 0.25) is 12.7 Å². The van der Waals surface area contributed by atoms with Crippen molar-refractivity contribution in [3.8, 4) is 11.5 Å². The number of nitrogens with one attached hydrogen (secondary N) is 1. The number of Topliss-reactive ketones (excluding diaryl/α,β-unsaturated/α-hetero) is 1. The first-order valence-electron chi connectivity index (χ1n) is 9.75. The lowest BCUT2D eigenvalue weighted by molar-refractivity contribution is -0.116. The van der Waals surface area contributed by atoms with Crippen molar-refractivity contribution < 1.29 is 19.1 Å². The van der Waals surface area contributed by atoms with Gasteiger partial charge in [0, 0.05) is 18.1 Å². The maximum absolute atomic E-state index is 12.9. The molecule has 0 aliphatic carbocycles. The summed E-state index contributed by atoms with van der Waals surface area (Å²) in [5, 5.41) is 2.86. The van der Waals surface area contributed by atoms with Gasteiger partial charge < -0.3 is 19.4 Å². The zero-order chi connectivity index (χ0) is 20.4. The Morgan fingerprint density at radius 3 is 2.69 bits per heavy atom. The van der Waals surface area contributed by atoms with Gasteiger partial charge in [-0.25, -0.2) is 4.98 Å². The highest BCUT2D eigenvalue weighted by molar-refractivity contribution is 6.04. The minimum Gasteiger partial charge on any atom is -0.454 e. The number of imidazole rings is 1. The molecule has 1 aromatic heterocycles. The van der Waals surface area contributed by atoms with Gasteiger partial charge >= 0.3 is 0 Å². The van der Waals surface area contributed by atoms with Crippen molar-refractivity contribution >= 4 is 28.4 Å². The number of aromatic nitrogens is 2. The average Bonchev–Trinajstić information content (AvgIpc) is 3.29. The molecular weight excluding hydrogens is 370 g/mol. The number of fused-ring (bicyclic) bond motifs is 2. The fourth-order valence-electron chi connectivity index (χ4n) is 3.50. The summed E-state index contributed by atoms with van der Waals surface area (Å²) in [7, 11) is 0. The van der Waals surface area contributed by atoms with Gasteiger partial charge in [-0.05, 0) is 31.5 Å². The first kappa shape index (κ1) is 19.0. The summed E-state index contributed by atoms with van der Waals surface area (Å²) < 4.78 is 12.7. The maximum atomic E-state index is 12.9. The summed E-state index contributed by atoms with van der Waals surface area (Å²) in [4.78, 5) is 29.6. The molecule has 3 aromatic rings. The van der Waals surface area contributed by atoms with Gasteiger partial charge in [0.1, 0.15) is 12.4 Å². The molecule has 0 saturated carbocycles. The Morgan fingerprint density at radius 2 is 1.93 bits per heavy atom. The summed E-state index contributed by atoms with van der Waals surface area (Å²) >= 11 is 0. The topological polar surface area (TPSA) is 82.5 Å². The van der Waals surface area contributed by atoms with Crippen molar-refractivity contribution in [3.05, 3.63) is 47.8 Å². The molecular formula is C22H23N3O4. The molecule has 2 aromatic carbocycles. The molecule has 0 fully saturated rings. The second-order valence-electron chi connectivity index (χ2n) is 7.06. The third-order valence-corrected chi connectivity index (χ3v) is 4.96. The molecule has 4 rings (SSSR count). The molecule has 0 spiro atoms. The molecule has 1 aliphatic rings. The molecule has 1 aliphatic heterocycles. The molecule has 0 radical (unpaired) electrons. The second-order valence-corrected chi connectivity index (χ2v) is 7.06. The number of unbranched alkanes of at least 4 members (excludes halogenated alkanes) is 1. The van der Waals surface area contributed by atoms with Crippen molar-refractivity contribution in [1.29, 1.82) is 0 Å². The van der Waals surface area contributed by atoms with Crippen molar-refractivity contribution in [2.75, 3.05) is 12.1 Å². The number of hydrogen-bond acceptors (Lipinski definition) is 5. The highest BCUT2D eigenvalue weighted by Crippen LogP contribution is 2.37. The number of rotatable bonds is 7. The predicted molar refractivity (Wildman–Crippen MR) is 110 cm³/mol. The molecule has 0 bridgehead atoms. The van der Waals surface area contributed by atoms with E-state index in [1.54, 1.807) is 12.1 Å². The van der Waals surface area contributed by atoms with Crippen molar-refractivity contribution in [2.24, 2.45) is 0 Å². The van der Waals surface area contributed by atoms with Crippen LogP contribution in [0.4, 0.5) is 5.69 Å². The fraction of sp³-hybridized carbons (Fsp3) is 0.318. The van der Waals surface area contributed by atoms with Gasteiger partial charge in [0.25, 0.3) is 0 Å². The van der Waals surface area contributed by atoms with Crippen LogP contribution in [0.25, 0.3) is 11.0 Å². The minimum atomic E-state index is -0.229. The average molecular weight is 393 g/mol. The molecule has 0 unspecified atom stereocenters. The number of benzene rings is 2. The van der Waals surface area contributed by atoms with E-state index in [4.69, 9.17) is 14.5 Å². The number of ketones is 1. The van der Waals surface area contributed by atoms with Crippen LogP contribution < -0.4 is 14.8 Å². The summed E-state index contributed by atoms with van der Waals surface area (Å²) in [6, 6.07) is 11.0. The first-order chi connectivity index (χ1) is 14.1. The van der Waals surface area contributed by atoms with Crippen LogP contribution in [0.15, 0.2) is 36.4 Å². The molecule has 7 heteroatoms. The smallest absolute Gasteiger partial charge is 0.244 e. The van der Waals surface area contributed by atoms with Gasteiger partial charge in [0.15, 0.2) is 17.3 Å². The molecule has 2 heterocycles. The van der Waals surface area contributed by atoms with E-state index in [0.29, 0.717) is 22.7 Å². The zero-order valence-electron chi connectivity index (χ0n) is 16.5. The molecule has 29 heavy (non-hydrogen) atoms. The number of anilines is 1. The Bertz CT molecular complexity index is 1090. The lowest BCUT2D eigenvalue weighted by atomic mass is 10.1. The van der Waals surface area contributed by atoms with E-state index >= 15 is 0 Å². The predicted octanol–water partition coefficient (Wildman–Crippen LogP) is 3.95. The second kappa shape index (κ2) is 7.95. The van der Waals surface area contributed by atoms with E-state index in [0.717, 1.165) is 36.1 Å². The molecule has 0 saturated heterocycles. The van der Waals surface area contributed by atoms with E-state index in [1.807, 2.05) is 28.8 Å². The van der Waals surface area contributed by atoms with Crippen molar-refractivity contribution in [3.63, 3.8) is 0 Å². The van der Waals surface area contributed by atoms with Crippen LogP contribution in [-0.2, 0) is 17.8 Å². The quantitative estimate of drug-likeness (QED) is 0.615. The summed E-state index contributed by atoms with van der Waals surface area (Å²) in [6.07, 6.45) is 2.86. The van der Waals surface area contributed by atoms with Gasteiger partial charge in [-0.3, -0.25) is 9.59 Å². The SMILES string of the molecule is CCCCc1nc2ccccc2n1CC(=O)Nc1cc2c(cc1C(C)=O)OCO2. The number of nitrogens with zero attached hydrogens (tertiary/aromatic N) is 2. The Morgan fingerprint density at radius 1 is 1.17 bits per heavy atom. The summed E-state index contributed by atoms with van der Waals surface area (Å²) in [6.45, 7) is 3.80. The Labute approximate surface area is 168 Å². The number of carbonyl (C=O) groups excluding carboxylic acids is 2. The zero-order valence-corrected chi connectivity index (χ0v) is 16.5. The first-order valence-corrected chi connectivity index (χ1v) is 9.75. The number of amides is 1. The number of aryl methyl sites for hydroxylation is 1. The molecule has 7 nitrogen and oxygen atoms in total. The van der Waals surface area contributed by atoms with Gasteiger partial charge in [-0.2, -0.15) is 0 Å². The normalized spacial score (nSPS) is 12.3. The highest BCUT2D eigenvalue weighted by atomic mass is 16.7. The minimum absolute atomic E-state index is 0.103. The van der Waals surface area contributed by atoms with Gasteiger partial charge in [-0.1, -0.05) is 25.5 Å². The molecule has 1 amide bonds. The van der Waals surface area contributed by atoms with E-state index in [2.05, 4.69) is 12.2 Å². The van der Waals surface area contributed by atoms with Crippen LogP contribution >= 0.6 is 0 Å².